The number of Topliss-reactive ketones (excluding diaryl/α,β-unsaturated/α-hetero) is 1. The second-order valence-electron chi connectivity index (χ2n) is 6.95. The number of anilines is 2. The van der Waals surface area contributed by atoms with Crippen molar-refractivity contribution in [2.24, 2.45) is 11.0 Å². The van der Waals surface area contributed by atoms with Gasteiger partial charge in [-0.05, 0) is 36.4 Å². The molecule has 0 aliphatic carbocycles. The zero-order valence-electron chi connectivity index (χ0n) is 17.2. The van der Waals surface area contributed by atoms with Crippen molar-refractivity contribution in [2.45, 2.75) is 26.2 Å². The third-order valence-electron chi connectivity index (χ3n) is 4.87. The van der Waals surface area contributed by atoms with Crippen LogP contribution >= 0.6 is 0 Å². The molecule has 0 fully saturated rings. The summed E-state index contributed by atoms with van der Waals surface area (Å²) in [5.74, 6) is -6.08. The third-order valence-corrected chi connectivity index (χ3v) is 4.87. The van der Waals surface area contributed by atoms with Crippen LogP contribution in [0.3, 0.4) is 0 Å². The molecule has 1 heterocycles. The van der Waals surface area contributed by atoms with Gasteiger partial charge in [0.2, 0.25) is 5.91 Å². The number of hydrogen-bond donors (Lipinski definition) is 1. The highest BCUT2D eigenvalue weighted by Gasteiger charge is 2.44. The van der Waals surface area contributed by atoms with E-state index < -0.39 is 35.9 Å². The lowest BCUT2D eigenvalue weighted by molar-refractivity contribution is -0.128. The highest BCUT2D eigenvalue weighted by molar-refractivity contribution is 6.51. The summed E-state index contributed by atoms with van der Waals surface area (Å²) in [6.45, 7) is 2.55. The number of benzene rings is 2. The zero-order chi connectivity index (χ0) is 22.8. The lowest BCUT2D eigenvalue weighted by atomic mass is 9.99. The molecule has 2 aromatic rings. The molecule has 1 aliphatic heterocycles. The number of rotatable bonds is 7. The lowest BCUT2D eigenvalue weighted by Gasteiger charge is -2.17. The standard InChI is InChI=1S/C22H21F2N3O4/c1-4-22(23,24)14-6-5-7-15(12-14)25-20(29)18-19(13(2)28)26-27(21(18)30)16-8-10-17(31-3)11-9-16/h5-12,18H,4H2,1-3H3,(H,25,29). The molecule has 0 bridgehead atoms. The number of amides is 2. The average molecular weight is 429 g/mol. The van der Waals surface area contributed by atoms with E-state index in [0.717, 1.165) is 11.1 Å². The van der Waals surface area contributed by atoms with Crippen molar-refractivity contribution in [2.75, 3.05) is 17.4 Å². The molecule has 7 nitrogen and oxygen atoms in total. The summed E-state index contributed by atoms with van der Waals surface area (Å²) >= 11 is 0. The van der Waals surface area contributed by atoms with Crippen LogP contribution in [0, 0.1) is 5.92 Å². The molecular weight excluding hydrogens is 408 g/mol. The number of hydrogen-bond acceptors (Lipinski definition) is 5. The van der Waals surface area contributed by atoms with Crippen molar-refractivity contribution < 1.29 is 27.9 Å². The molecule has 0 aromatic heterocycles. The van der Waals surface area contributed by atoms with Crippen molar-refractivity contribution >= 4 is 34.7 Å². The van der Waals surface area contributed by atoms with Crippen LogP contribution in [-0.4, -0.2) is 30.4 Å². The van der Waals surface area contributed by atoms with Crippen LogP contribution in [0.15, 0.2) is 53.6 Å². The Labute approximate surface area is 177 Å². The Bertz CT molecular complexity index is 1050. The minimum absolute atomic E-state index is 0.0919. The van der Waals surface area contributed by atoms with Gasteiger partial charge in [-0.1, -0.05) is 19.1 Å². The molecule has 1 unspecified atom stereocenters. The lowest BCUT2D eigenvalue weighted by Crippen LogP contribution is -2.38. The van der Waals surface area contributed by atoms with Gasteiger partial charge in [0.1, 0.15) is 11.5 Å². The van der Waals surface area contributed by atoms with E-state index in [0.29, 0.717) is 11.4 Å². The maximum Gasteiger partial charge on any atom is 0.273 e. The van der Waals surface area contributed by atoms with Gasteiger partial charge in [-0.3, -0.25) is 14.4 Å². The minimum Gasteiger partial charge on any atom is -0.497 e. The molecule has 162 valence electrons. The van der Waals surface area contributed by atoms with Crippen molar-refractivity contribution in [3.8, 4) is 5.75 Å². The summed E-state index contributed by atoms with van der Waals surface area (Å²) in [7, 11) is 1.49. The van der Waals surface area contributed by atoms with Gasteiger partial charge in [-0.25, -0.2) is 8.78 Å². The predicted molar refractivity (Wildman–Crippen MR) is 111 cm³/mol. The minimum atomic E-state index is -3.05. The first-order valence-electron chi connectivity index (χ1n) is 9.54. The predicted octanol–water partition coefficient (Wildman–Crippen LogP) is 3.74. The normalized spacial score (nSPS) is 16.2. The molecule has 0 saturated heterocycles. The smallest absolute Gasteiger partial charge is 0.273 e. The van der Waals surface area contributed by atoms with Gasteiger partial charge < -0.3 is 10.1 Å². The zero-order valence-corrected chi connectivity index (χ0v) is 17.2. The Morgan fingerprint density at radius 3 is 2.45 bits per heavy atom. The van der Waals surface area contributed by atoms with Crippen LogP contribution in [0.1, 0.15) is 25.8 Å². The highest BCUT2D eigenvalue weighted by Crippen LogP contribution is 2.33. The topological polar surface area (TPSA) is 88.1 Å². The number of nitrogens with one attached hydrogen (secondary N) is 1. The largest absolute Gasteiger partial charge is 0.497 e. The van der Waals surface area contributed by atoms with E-state index in [1.165, 1.54) is 39.2 Å². The number of ketones is 1. The fraction of sp³-hybridized carbons (Fsp3) is 0.273. The van der Waals surface area contributed by atoms with Crippen LogP contribution in [0.5, 0.6) is 5.75 Å². The fourth-order valence-corrected chi connectivity index (χ4v) is 3.12. The van der Waals surface area contributed by atoms with Gasteiger partial charge in [-0.2, -0.15) is 10.1 Å². The van der Waals surface area contributed by atoms with Crippen molar-refractivity contribution in [3.05, 3.63) is 54.1 Å². The van der Waals surface area contributed by atoms with E-state index in [9.17, 15) is 23.2 Å². The molecule has 0 spiro atoms. The van der Waals surface area contributed by atoms with Gasteiger partial charge >= 0.3 is 0 Å². The second-order valence-corrected chi connectivity index (χ2v) is 6.95. The number of hydrazone groups is 1. The number of ether oxygens (including phenoxy) is 1. The summed E-state index contributed by atoms with van der Waals surface area (Å²) in [5.41, 5.74) is -0.0436. The summed E-state index contributed by atoms with van der Waals surface area (Å²) in [6.07, 6.45) is -0.399. The molecule has 31 heavy (non-hydrogen) atoms. The third kappa shape index (κ3) is 4.45. The van der Waals surface area contributed by atoms with E-state index >= 15 is 0 Å². The molecule has 2 aromatic carbocycles. The van der Waals surface area contributed by atoms with Crippen LogP contribution < -0.4 is 15.1 Å². The number of nitrogens with zero attached hydrogens (tertiary/aromatic N) is 2. The molecule has 1 N–H and O–H groups in total. The van der Waals surface area contributed by atoms with Crippen LogP contribution in [0.2, 0.25) is 0 Å². The molecule has 3 rings (SSSR count). The molecular formula is C22H21F2N3O4. The first kappa shape index (κ1) is 22.1. The number of carbonyl (C=O) groups excluding carboxylic acids is 3. The van der Waals surface area contributed by atoms with E-state index in [1.807, 2.05) is 0 Å². The van der Waals surface area contributed by atoms with E-state index in [4.69, 9.17) is 4.74 Å². The molecule has 2 amide bonds. The fourth-order valence-electron chi connectivity index (χ4n) is 3.12. The number of carbonyl (C=O) groups is 3. The Morgan fingerprint density at radius 2 is 1.87 bits per heavy atom. The maximum atomic E-state index is 14.0. The molecule has 0 saturated carbocycles. The van der Waals surface area contributed by atoms with E-state index in [-0.39, 0.29) is 17.0 Å². The Balaban J connectivity index is 1.86. The quantitative estimate of drug-likeness (QED) is 0.679. The summed E-state index contributed by atoms with van der Waals surface area (Å²) in [4.78, 5) is 37.8. The second kappa shape index (κ2) is 8.63. The van der Waals surface area contributed by atoms with E-state index in [2.05, 4.69) is 10.4 Å². The maximum absolute atomic E-state index is 14.0. The van der Waals surface area contributed by atoms with Gasteiger partial charge in [-0.15, -0.1) is 0 Å². The average Bonchev–Trinajstić information content (AvgIpc) is 3.11. The Kier molecular flexibility index (Phi) is 6.14. The van der Waals surface area contributed by atoms with Crippen LogP contribution in [0.4, 0.5) is 20.2 Å². The van der Waals surface area contributed by atoms with Crippen molar-refractivity contribution in [1.82, 2.24) is 0 Å². The summed E-state index contributed by atoms with van der Waals surface area (Å²) in [6, 6.07) is 11.6. The molecule has 1 aliphatic rings. The molecule has 9 heteroatoms. The van der Waals surface area contributed by atoms with Crippen LogP contribution in [0.25, 0.3) is 0 Å². The van der Waals surface area contributed by atoms with Gasteiger partial charge in [0.05, 0.1) is 12.8 Å². The molecule has 0 radical (unpaired) electrons. The number of methoxy groups -OCH3 is 1. The summed E-state index contributed by atoms with van der Waals surface area (Å²) in [5, 5.41) is 7.47. The van der Waals surface area contributed by atoms with Gasteiger partial charge in [0.15, 0.2) is 11.7 Å². The van der Waals surface area contributed by atoms with Crippen molar-refractivity contribution in [3.63, 3.8) is 0 Å². The summed E-state index contributed by atoms with van der Waals surface area (Å²) < 4.78 is 33.0. The van der Waals surface area contributed by atoms with E-state index in [1.54, 1.807) is 24.3 Å². The first-order chi connectivity index (χ1) is 14.7. The van der Waals surface area contributed by atoms with Gasteiger partial charge in [0, 0.05) is 24.6 Å². The Hall–Kier alpha value is -3.62. The van der Waals surface area contributed by atoms with Crippen molar-refractivity contribution in [1.29, 1.82) is 0 Å². The SMILES string of the molecule is CCC(F)(F)c1cccc(NC(=O)C2C(=O)N(c3ccc(OC)cc3)N=C2C(C)=O)c1. The Morgan fingerprint density at radius 1 is 1.19 bits per heavy atom. The molecule has 1 atom stereocenters. The number of halogens is 2. The van der Waals surface area contributed by atoms with Gasteiger partial charge in [0.25, 0.3) is 11.8 Å². The number of alkyl halides is 2. The highest BCUT2D eigenvalue weighted by atomic mass is 19.3. The first-order valence-corrected chi connectivity index (χ1v) is 9.54. The monoisotopic (exact) mass is 429 g/mol. The van der Waals surface area contributed by atoms with Crippen LogP contribution in [-0.2, 0) is 20.3 Å².